The van der Waals surface area contributed by atoms with Gasteiger partial charge < -0.3 is 9.62 Å². The topological polar surface area (TPSA) is 6.48 Å². The monoisotopic (exact) mass is 262 g/mol. The number of hydrogen-bond acceptors (Lipinski definition) is 2. The summed E-state index contributed by atoms with van der Waals surface area (Å²) in [5.41, 5.74) is 0. The molecule has 0 aliphatic heterocycles. The van der Waals surface area contributed by atoms with E-state index in [9.17, 15) is 0 Å². The Morgan fingerprint density at radius 1 is 0.750 bits per heavy atom. The number of hydrogen-bond donors (Lipinski definition) is 0. The third kappa shape index (κ3) is 5.62. The summed E-state index contributed by atoms with van der Waals surface area (Å²) in [5, 5.41) is 0. The van der Waals surface area contributed by atoms with Gasteiger partial charge in [0.1, 0.15) is 0 Å². The van der Waals surface area contributed by atoms with Crippen LogP contribution in [0.25, 0.3) is 0 Å². The van der Waals surface area contributed by atoms with Gasteiger partial charge >= 0.3 is 12.5 Å². The van der Waals surface area contributed by atoms with Gasteiger partial charge in [0.05, 0.1) is 0 Å². The maximum absolute atomic E-state index is 6.24. The maximum Gasteiger partial charge on any atom is 0.356 e. The molecule has 0 spiro atoms. The maximum atomic E-state index is 6.24. The molecule has 0 radical (unpaired) electrons. The van der Waals surface area contributed by atoms with Crippen LogP contribution < -0.4 is 0 Å². The van der Waals surface area contributed by atoms with Gasteiger partial charge in [-0.3, -0.25) is 0 Å². The second-order valence-corrected chi connectivity index (χ2v) is 4.47. The van der Waals surface area contributed by atoms with Crippen molar-refractivity contribution in [2.24, 2.45) is 0 Å². The fraction of sp³-hybridized carbons (Fsp3) is 0.800. The lowest BCUT2D eigenvalue weighted by Gasteiger charge is -2.21. The highest BCUT2D eigenvalue weighted by atomic mass is 35.5. The van der Waals surface area contributed by atoms with E-state index in [1.807, 2.05) is 12.0 Å². The summed E-state index contributed by atoms with van der Waals surface area (Å²) in [5.74, 6) is 3.95. The Bertz CT molecular complexity index is 177. The highest BCUT2D eigenvalue weighted by Crippen LogP contribution is 2.05. The SMILES string of the molecule is CCN(CC)B(Cl)C=CB(Cl)N(CC)CC. The van der Waals surface area contributed by atoms with Gasteiger partial charge in [0.2, 0.25) is 0 Å². The molecule has 0 aliphatic rings. The second kappa shape index (κ2) is 9.41. The van der Waals surface area contributed by atoms with Crippen LogP contribution in [0.4, 0.5) is 0 Å². The normalized spacial score (nSPS) is 11.8. The summed E-state index contributed by atoms with van der Waals surface area (Å²) in [6.07, 6.45) is -0.126. The van der Waals surface area contributed by atoms with E-state index in [2.05, 4.69) is 37.3 Å². The van der Waals surface area contributed by atoms with Crippen molar-refractivity contribution in [1.29, 1.82) is 0 Å². The smallest absolute Gasteiger partial charge is 0.325 e. The molecule has 0 saturated carbocycles. The van der Waals surface area contributed by atoms with Crippen LogP contribution in [0, 0.1) is 0 Å². The van der Waals surface area contributed by atoms with E-state index < -0.39 is 0 Å². The second-order valence-electron chi connectivity index (χ2n) is 3.57. The molecule has 16 heavy (non-hydrogen) atoms. The lowest BCUT2D eigenvalue weighted by molar-refractivity contribution is 0.492. The minimum absolute atomic E-state index is 0.0631. The molecule has 0 aliphatic carbocycles. The van der Waals surface area contributed by atoms with E-state index in [0.717, 1.165) is 26.2 Å². The minimum atomic E-state index is -0.0631. The molecular formula is C10H22B2Cl2N2. The van der Waals surface area contributed by atoms with Crippen LogP contribution in [0.15, 0.2) is 12.0 Å². The summed E-state index contributed by atoms with van der Waals surface area (Å²) >= 11 is 12.5. The molecule has 0 amide bonds. The molecule has 0 rings (SSSR count). The van der Waals surface area contributed by atoms with Crippen molar-refractivity contribution in [1.82, 2.24) is 9.62 Å². The van der Waals surface area contributed by atoms with Gasteiger partial charge in [-0.2, -0.15) is 22.9 Å². The lowest BCUT2D eigenvalue weighted by atomic mass is 9.79. The Kier molecular flexibility index (Phi) is 9.62. The van der Waals surface area contributed by atoms with Crippen LogP contribution >= 0.6 is 22.9 Å². The lowest BCUT2D eigenvalue weighted by Crippen LogP contribution is -2.36. The molecule has 0 aromatic rings. The molecule has 2 nitrogen and oxygen atoms in total. The van der Waals surface area contributed by atoms with Crippen molar-refractivity contribution in [3.05, 3.63) is 12.0 Å². The molecule has 0 N–H and O–H groups in total. The summed E-state index contributed by atoms with van der Waals surface area (Å²) in [7, 11) is 0. The third-order valence-corrected chi connectivity index (χ3v) is 3.59. The summed E-state index contributed by atoms with van der Waals surface area (Å²) in [6.45, 7) is 12.2. The van der Waals surface area contributed by atoms with Crippen molar-refractivity contribution in [2.75, 3.05) is 26.2 Å². The first-order valence-electron chi connectivity index (χ1n) is 6.05. The molecule has 0 fully saturated rings. The molecular weight excluding hydrogens is 241 g/mol. The Morgan fingerprint density at radius 2 is 1.00 bits per heavy atom. The highest BCUT2D eigenvalue weighted by Gasteiger charge is 2.18. The van der Waals surface area contributed by atoms with Crippen molar-refractivity contribution >= 4 is 35.4 Å². The minimum Gasteiger partial charge on any atom is -0.325 e. The van der Waals surface area contributed by atoms with Gasteiger partial charge in [-0.05, 0) is 26.2 Å². The zero-order valence-corrected chi connectivity index (χ0v) is 12.3. The van der Waals surface area contributed by atoms with E-state index in [1.165, 1.54) is 0 Å². The molecule has 0 bridgehead atoms. The van der Waals surface area contributed by atoms with Crippen molar-refractivity contribution in [3.63, 3.8) is 0 Å². The zero-order valence-electron chi connectivity index (χ0n) is 10.8. The average Bonchev–Trinajstić information content (AvgIpc) is 2.29. The molecule has 6 heteroatoms. The average molecular weight is 263 g/mol. The molecule has 0 aromatic carbocycles. The fourth-order valence-corrected chi connectivity index (χ4v) is 2.29. The van der Waals surface area contributed by atoms with Gasteiger partial charge in [0.15, 0.2) is 0 Å². The van der Waals surface area contributed by atoms with Crippen LogP contribution in [-0.4, -0.2) is 48.3 Å². The molecule has 0 heterocycles. The van der Waals surface area contributed by atoms with Crippen molar-refractivity contribution in [2.45, 2.75) is 27.7 Å². The van der Waals surface area contributed by atoms with Crippen LogP contribution in [0.5, 0.6) is 0 Å². The number of nitrogens with zero attached hydrogens (tertiary/aromatic N) is 2. The number of rotatable bonds is 8. The Morgan fingerprint density at radius 3 is 1.19 bits per heavy atom. The van der Waals surface area contributed by atoms with E-state index in [-0.39, 0.29) is 12.5 Å². The summed E-state index contributed by atoms with van der Waals surface area (Å²) in [6, 6.07) is 0. The molecule has 0 atom stereocenters. The molecule has 0 saturated heterocycles. The third-order valence-electron chi connectivity index (χ3n) is 2.75. The van der Waals surface area contributed by atoms with Crippen LogP contribution in [-0.2, 0) is 0 Å². The quantitative estimate of drug-likeness (QED) is 0.621. The van der Waals surface area contributed by atoms with Crippen LogP contribution in [0.3, 0.4) is 0 Å². The van der Waals surface area contributed by atoms with Crippen LogP contribution in [0.1, 0.15) is 27.7 Å². The summed E-state index contributed by atoms with van der Waals surface area (Å²) < 4.78 is 0. The first-order chi connectivity index (χ1) is 7.60. The van der Waals surface area contributed by atoms with Gasteiger partial charge in [-0.1, -0.05) is 39.6 Å². The molecule has 0 unspecified atom stereocenters. The van der Waals surface area contributed by atoms with Crippen LogP contribution in [0.2, 0.25) is 0 Å². The van der Waals surface area contributed by atoms with E-state index in [0.29, 0.717) is 0 Å². The summed E-state index contributed by atoms with van der Waals surface area (Å²) in [4.78, 5) is 4.34. The Hall–Kier alpha value is 0.370. The Balaban J connectivity index is 4.24. The standard InChI is InChI=1S/C10H22B2Cl2N2/c1-5-15(6-2)11(13)9-10-12(14)16(7-3)8-4/h9-10H,5-8H2,1-4H3. The van der Waals surface area contributed by atoms with Gasteiger partial charge in [-0.15, -0.1) is 0 Å². The first kappa shape index (κ1) is 16.4. The highest BCUT2D eigenvalue weighted by molar-refractivity contribution is 7.11. The van der Waals surface area contributed by atoms with Crippen molar-refractivity contribution in [3.8, 4) is 0 Å². The van der Waals surface area contributed by atoms with E-state index >= 15 is 0 Å². The van der Waals surface area contributed by atoms with Gasteiger partial charge in [-0.25, -0.2) is 0 Å². The Labute approximate surface area is 111 Å². The molecule has 0 aromatic heterocycles. The number of halogens is 2. The van der Waals surface area contributed by atoms with Crippen molar-refractivity contribution < 1.29 is 0 Å². The fourth-order valence-electron chi connectivity index (χ4n) is 1.57. The zero-order chi connectivity index (χ0) is 12.6. The van der Waals surface area contributed by atoms with E-state index in [4.69, 9.17) is 22.9 Å². The predicted molar refractivity (Wildman–Crippen MR) is 78.2 cm³/mol. The first-order valence-corrected chi connectivity index (χ1v) is 6.92. The van der Waals surface area contributed by atoms with Gasteiger partial charge in [0.25, 0.3) is 0 Å². The molecule has 92 valence electrons. The predicted octanol–water partition coefficient (Wildman–Crippen LogP) is 2.76. The van der Waals surface area contributed by atoms with E-state index in [1.54, 1.807) is 0 Å². The van der Waals surface area contributed by atoms with Gasteiger partial charge in [0, 0.05) is 0 Å². The largest absolute Gasteiger partial charge is 0.356 e.